The first kappa shape index (κ1) is 25.7. The number of Topliss-reactive ketones (excluding diaryl/α,β-unsaturated/α-hetero) is 1. The number of pyridine rings is 1. The maximum atomic E-state index is 13.1. The van der Waals surface area contributed by atoms with Crippen molar-refractivity contribution >= 4 is 39.9 Å². The van der Waals surface area contributed by atoms with Gasteiger partial charge in [0.1, 0.15) is 17.2 Å². The van der Waals surface area contributed by atoms with Gasteiger partial charge >= 0.3 is 6.09 Å². The van der Waals surface area contributed by atoms with Gasteiger partial charge in [-0.1, -0.05) is 6.07 Å². The fourth-order valence-electron chi connectivity index (χ4n) is 4.51. The number of phenolic OH excluding ortho intramolecular Hbond substituents is 1. The molecule has 1 saturated heterocycles. The van der Waals surface area contributed by atoms with Gasteiger partial charge in [0.05, 0.1) is 5.52 Å². The van der Waals surface area contributed by atoms with E-state index < -0.39 is 5.60 Å². The van der Waals surface area contributed by atoms with Gasteiger partial charge in [-0.2, -0.15) is 0 Å². The van der Waals surface area contributed by atoms with Crippen LogP contribution in [0.3, 0.4) is 0 Å². The third kappa shape index (κ3) is 5.81. The molecule has 8 heteroatoms. The molecule has 1 N–H and O–H groups in total. The predicted molar refractivity (Wildman–Crippen MR) is 151 cm³/mol. The van der Waals surface area contributed by atoms with Crippen LogP contribution in [0.25, 0.3) is 21.3 Å². The van der Waals surface area contributed by atoms with E-state index in [1.807, 2.05) is 74.7 Å². The second-order valence-corrected chi connectivity index (χ2v) is 11.4. The summed E-state index contributed by atoms with van der Waals surface area (Å²) >= 11 is 1.62. The van der Waals surface area contributed by atoms with E-state index in [0.29, 0.717) is 37.3 Å². The number of anilines is 1. The molecule has 196 valence electrons. The quantitative estimate of drug-likeness (QED) is 0.312. The zero-order valence-corrected chi connectivity index (χ0v) is 22.6. The number of hydrogen-bond donors (Lipinski definition) is 1. The van der Waals surface area contributed by atoms with Gasteiger partial charge in [-0.15, -0.1) is 11.3 Å². The number of carbonyl (C=O) groups is 2. The summed E-state index contributed by atoms with van der Waals surface area (Å²) in [7, 11) is 0. The van der Waals surface area contributed by atoms with E-state index in [0.717, 1.165) is 27.2 Å². The molecular formula is C30H31N3O4S. The Morgan fingerprint density at radius 3 is 2.50 bits per heavy atom. The summed E-state index contributed by atoms with van der Waals surface area (Å²) < 4.78 is 5.48. The van der Waals surface area contributed by atoms with Crippen LogP contribution in [-0.2, 0) is 11.2 Å². The normalized spacial score (nSPS) is 14.1. The molecule has 0 atom stereocenters. The molecule has 0 aliphatic carbocycles. The number of piperazine rings is 1. The molecule has 0 saturated carbocycles. The molecule has 2 aromatic carbocycles. The van der Waals surface area contributed by atoms with Gasteiger partial charge < -0.3 is 19.6 Å². The standard InChI is InChI=1S/C30H31N3O4S/c1-30(2,3)37-29(36)33-14-12-32(13-15-33)28-11-8-20-17-21(6-9-24(20)31-28)26(35)19-23-18-22(7-10-25(23)34)27-5-4-16-38-27/h4-11,16-18,34H,12-15,19H2,1-3H3. The van der Waals surface area contributed by atoms with Crippen LogP contribution in [0.5, 0.6) is 5.75 Å². The van der Waals surface area contributed by atoms with Gasteiger partial charge in [-0.3, -0.25) is 4.79 Å². The summed E-state index contributed by atoms with van der Waals surface area (Å²) in [6.07, 6.45) is -0.170. The molecule has 38 heavy (non-hydrogen) atoms. The molecular weight excluding hydrogens is 498 g/mol. The van der Waals surface area contributed by atoms with Crippen molar-refractivity contribution in [3.05, 3.63) is 77.2 Å². The van der Waals surface area contributed by atoms with Crippen LogP contribution in [0, 0.1) is 0 Å². The predicted octanol–water partition coefficient (Wildman–Crippen LogP) is 6.15. The molecule has 1 aliphatic rings. The van der Waals surface area contributed by atoms with Crippen molar-refractivity contribution in [2.75, 3.05) is 31.1 Å². The first-order valence-corrected chi connectivity index (χ1v) is 13.6. The second-order valence-electron chi connectivity index (χ2n) is 10.5. The number of nitrogens with zero attached hydrogens (tertiary/aromatic N) is 3. The Kier molecular flexibility index (Phi) is 7.08. The average molecular weight is 530 g/mol. The zero-order chi connectivity index (χ0) is 26.9. The Hall–Kier alpha value is -3.91. The minimum atomic E-state index is -0.511. The Bertz CT molecular complexity index is 1470. The maximum absolute atomic E-state index is 13.1. The molecule has 0 radical (unpaired) electrons. The SMILES string of the molecule is CC(C)(C)OC(=O)N1CCN(c2ccc3cc(C(=O)Cc4cc(-c5cccs5)ccc4O)ccc3n2)CC1. The van der Waals surface area contributed by atoms with Gasteiger partial charge in [0, 0.05) is 54.0 Å². The molecule has 3 heterocycles. The smallest absolute Gasteiger partial charge is 0.410 e. The lowest BCUT2D eigenvalue weighted by atomic mass is 9.99. The Labute approximate surface area is 226 Å². The molecule has 0 bridgehead atoms. The van der Waals surface area contributed by atoms with Crippen LogP contribution < -0.4 is 4.90 Å². The number of carbonyl (C=O) groups excluding carboxylic acids is 2. The highest BCUT2D eigenvalue weighted by atomic mass is 32.1. The van der Waals surface area contributed by atoms with Crippen molar-refractivity contribution in [2.45, 2.75) is 32.8 Å². The fourth-order valence-corrected chi connectivity index (χ4v) is 5.23. The number of fused-ring (bicyclic) bond motifs is 1. The fraction of sp³-hybridized carbons (Fsp3) is 0.300. The summed E-state index contributed by atoms with van der Waals surface area (Å²) in [4.78, 5) is 35.3. The number of ketones is 1. The van der Waals surface area contributed by atoms with Gasteiger partial charge in [0.15, 0.2) is 5.78 Å². The van der Waals surface area contributed by atoms with E-state index in [9.17, 15) is 14.7 Å². The number of phenols is 1. The van der Waals surface area contributed by atoms with Crippen molar-refractivity contribution in [3.8, 4) is 16.2 Å². The molecule has 1 fully saturated rings. The number of aromatic nitrogens is 1. The monoisotopic (exact) mass is 529 g/mol. The summed E-state index contributed by atoms with van der Waals surface area (Å²) in [5.74, 6) is 0.904. The summed E-state index contributed by atoms with van der Waals surface area (Å²) in [6.45, 7) is 8.09. The average Bonchev–Trinajstić information content (AvgIpc) is 3.43. The van der Waals surface area contributed by atoms with Crippen molar-refractivity contribution < 1.29 is 19.4 Å². The summed E-state index contributed by atoms with van der Waals surface area (Å²) in [5.41, 5.74) is 2.47. The Morgan fingerprint density at radius 1 is 1.00 bits per heavy atom. The summed E-state index contributed by atoms with van der Waals surface area (Å²) in [6, 6.07) is 18.9. The molecule has 2 aromatic heterocycles. The number of benzene rings is 2. The highest BCUT2D eigenvalue weighted by molar-refractivity contribution is 7.13. The van der Waals surface area contributed by atoms with Gasteiger partial charge in [0.2, 0.25) is 0 Å². The maximum Gasteiger partial charge on any atom is 0.410 e. The van der Waals surface area contributed by atoms with Crippen molar-refractivity contribution in [2.24, 2.45) is 0 Å². The van der Waals surface area contributed by atoms with E-state index in [1.54, 1.807) is 28.4 Å². The van der Waals surface area contributed by atoms with E-state index >= 15 is 0 Å². The van der Waals surface area contributed by atoms with Crippen LogP contribution >= 0.6 is 11.3 Å². The van der Waals surface area contributed by atoms with Crippen LogP contribution in [0.2, 0.25) is 0 Å². The summed E-state index contributed by atoms with van der Waals surface area (Å²) in [5, 5.41) is 13.2. The highest BCUT2D eigenvalue weighted by Crippen LogP contribution is 2.30. The van der Waals surface area contributed by atoms with Crippen molar-refractivity contribution in [3.63, 3.8) is 0 Å². The zero-order valence-electron chi connectivity index (χ0n) is 21.8. The number of aromatic hydroxyl groups is 1. The van der Waals surface area contributed by atoms with Gasteiger partial charge in [0.25, 0.3) is 0 Å². The third-order valence-electron chi connectivity index (χ3n) is 6.49. The molecule has 1 amide bonds. The largest absolute Gasteiger partial charge is 0.508 e. The van der Waals surface area contributed by atoms with Crippen LogP contribution in [0.15, 0.2) is 66.0 Å². The van der Waals surface area contributed by atoms with E-state index in [-0.39, 0.29) is 24.0 Å². The first-order valence-electron chi connectivity index (χ1n) is 12.7. The lowest BCUT2D eigenvalue weighted by molar-refractivity contribution is 0.0240. The molecule has 0 spiro atoms. The number of amides is 1. The number of thiophene rings is 1. The van der Waals surface area contributed by atoms with Crippen molar-refractivity contribution in [1.82, 2.24) is 9.88 Å². The number of hydrogen-bond acceptors (Lipinski definition) is 7. The van der Waals surface area contributed by atoms with E-state index in [1.165, 1.54) is 0 Å². The molecule has 7 nitrogen and oxygen atoms in total. The minimum absolute atomic E-state index is 0.0622. The molecule has 5 rings (SSSR count). The van der Waals surface area contributed by atoms with E-state index in [4.69, 9.17) is 9.72 Å². The van der Waals surface area contributed by atoms with E-state index in [2.05, 4.69) is 4.90 Å². The molecule has 0 unspecified atom stereocenters. The van der Waals surface area contributed by atoms with Crippen LogP contribution in [0.1, 0.15) is 36.7 Å². The lowest BCUT2D eigenvalue weighted by Gasteiger charge is -2.36. The van der Waals surface area contributed by atoms with Gasteiger partial charge in [-0.05, 0) is 86.3 Å². The second kappa shape index (κ2) is 10.5. The van der Waals surface area contributed by atoms with Crippen molar-refractivity contribution in [1.29, 1.82) is 0 Å². The van der Waals surface area contributed by atoms with Crippen LogP contribution in [0.4, 0.5) is 10.6 Å². The third-order valence-corrected chi connectivity index (χ3v) is 7.41. The Morgan fingerprint density at radius 2 is 1.79 bits per heavy atom. The number of rotatable bonds is 5. The van der Waals surface area contributed by atoms with Crippen LogP contribution in [-0.4, -0.2) is 58.6 Å². The first-order chi connectivity index (χ1) is 18.2. The molecule has 4 aromatic rings. The highest BCUT2D eigenvalue weighted by Gasteiger charge is 2.26. The molecule has 1 aliphatic heterocycles. The topological polar surface area (TPSA) is 83.0 Å². The Balaban J connectivity index is 1.26. The van der Waals surface area contributed by atoms with Gasteiger partial charge in [-0.25, -0.2) is 9.78 Å². The minimum Gasteiger partial charge on any atom is -0.508 e. The number of ether oxygens (including phenoxy) is 1. The lowest BCUT2D eigenvalue weighted by Crippen LogP contribution is -2.50.